The fourth-order valence-electron chi connectivity index (χ4n) is 4.52. The number of hydrogen-bond donors (Lipinski definition) is 1. The van der Waals surface area contributed by atoms with Crippen molar-refractivity contribution in [3.8, 4) is 0 Å². The molecule has 2 fully saturated rings. The highest BCUT2D eigenvalue weighted by molar-refractivity contribution is 5.99. The molecule has 0 aromatic carbocycles. The summed E-state index contributed by atoms with van der Waals surface area (Å²) < 4.78 is 8.34. The van der Waals surface area contributed by atoms with Gasteiger partial charge in [-0.15, -0.1) is 0 Å². The van der Waals surface area contributed by atoms with E-state index in [4.69, 9.17) is 4.74 Å². The molecular weight excluding hydrogens is 342 g/mol. The molecule has 6 heteroatoms. The third kappa shape index (κ3) is 3.48. The molecule has 4 heterocycles. The van der Waals surface area contributed by atoms with Gasteiger partial charge in [-0.25, -0.2) is 4.98 Å². The fraction of sp³-hybridized carbons (Fsp3) is 0.619. The number of carbonyl (C=O) groups excluding carboxylic acids is 1. The van der Waals surface area contributed by atoms with Gasteiger partial charge in [0.1, 0.15) is 5.65 Å². The van der Waals surface area contributed by atoms with Crippen LogP contribution in [0.15, 0.2) is 24.5 Å². The van der Waals surface area contributed by atoms with E-state index in [1.165, 1.54) is 0 Å². The summed E-state index contributed by atoms with van der Waals surface area (Å²) in [5.41, 5.74) is 1.96. The minimum Gasteiger partial charge on any atom is -0.393 e. The molecule has 1 amide bonds. The van der Waals surface area contributed by atoms with Gasteiger partial charge in [-0.1, -0.05) is 13.8 Å². The number of aromatic nitrogens is 2. The number of fused-ring (bicyclic) bond motifs is 1. The Hall–Kier alpha value is -1.92. The minimum atomic E-state index is -0.310. The molecule has 6 nitrogen and oxygen atoms in total. The average molecular weight is 371 g/mol. The van der Waals surface area contributed by atoms with Gasteiger partial charge in [0.2, 0.25) is 0 Å². The summed E-state index contributed by atoms with van der Waals surface area (Å²) in [4.78, 5) is 19.5. The largest absolute Gasteiger partial charge is 0.393 e. The summed E-state index contributed by atoms with van der Waals surface area (Å²) in [5.74, 6) is 0.413. The zero-order chi connectivity index (χ0) is 19.2. The van der Waals surface area contributed by atoms with Gasteiger partial charge < -0.3 is 19.1 Å². The molecule has 4 rings (SSSR count). The normalized spacial score (nSPS) is 25.4. The average Bonchev–Trinajstić information content (AvgIpc) is 3.01. The summed E-state index contributed by atoms with van der Waals surface area (Å²) >= 11 is 0. The number of aliphatic hydroxyl groups excluding tert-OH is 1. The summed E-state index contributed by atoms with van der Waals surface area (Å²) in [5, 5.41) is 10.3. The van der Waals surface area contributed by atoms with Gasteiger partial charge in [-0.3, -0.25) is 4.79 Å². The number of amides is 1. The summed E-state index contributed by atoms with van der Waals surface area (Å²) in [6.45, 7) is 7.52. The third-order valence-electron chi connectivity index (χ3n) is 6.05. The number of aliphatic hydroxyl groups is 1. The zero-order valence-corrected chi connectivity index (χ0v) is 16.4. The predicted octanol–water partition coefficient (Wildman–Crippen LogP) is 2.81. The Kier molecular flexibility index (Phi) is 4.72. The first kappa shape index (κ1) is 18.4. The van der Waals surface area contributed by atoms with Gasteiger partial charge >= 0.3 is 0 Å². The highest BCUT2D eigenvalue weighted by Gasteiger charge is 2.44. The molecule has 146 valence electrons. The second-order valence-corrected chi connectivity index (χ2v) is 8.50. The highest BCUT2D eigenvalue weighted by atomic mass is 16.5. The number of likely N-dealkylation sites (tertiary alicyclic amines) is 1. The number of aryl methyl sites for hydroxylation is 1. The van der Waals surface area contributed by atoms with Gasteiger partial charge in [-0.2, -0.15) is 0 Å². The lowest BCUT2D eigenvalue weighted by Gasteiger charge is -2.48. The van der Waals surface area contributed by atoms with Crippen molar-refractivity contribution in [1.82, 2.24) is 14.3 Å². The number of imidazole rings is 1. The first-order valence-electron chi connectivity index (χ1n) is 9.96. The van der Waals surface area contributed by atoms with Gasteiger partial charge in [0.05, 0.1) is 29.1 Å². The maximum atomic E-state index is 13.1. The smallest absolute Gasteiger partial charge is 0.257 e. The second kappa shape index (κ2) is 6.91. The van der Waals surface area contributed by atoms with Crippen LogP contribution in [-0.2, 0) is 4.74 Å². The Bertz CT molecular complexity index is 836. The molecule has 0 saturated carbocycles. The van der Waals surface area contributed by atoms with E-state index in [2.05, 4.69) is 18.8 Å². The van der Waals surface area contributed by atoms with Crippen molar-refractivity contribution >= 4 is 11.6 Å². The van der Waals surface area contributed by atoms with E-state index in [1.807, 2.05) is 40.8 Å². The zero-order valence-electron chi connectivity index (χ0n) is 16.4. The van der Waals surface area contributed by atoms with E-state index in [0.29, 0.717) is 43.1 Å². The van der Waals surface area contributed by atoms with E-state index < -0.39 is 0 Å². The monoisotopic (exact) mass is 371 g/mol. The maximum absolute atomic E-state index is 13.1. The molecule has 2 aromatic rings. The number of nitrogens with zero attached hydrogens (tertiary/aromatic N) is 3. The SMILES string of the molecule is Cc1cn2cccc(C(=O)N3CCC4(CC3)C[C@H](O)C[C@H](C(C)C)O4)c2n1. The Morgan fingerprint density at radius 2 is 2.11 bits per heavy atom. The lowest BCUT2D eigenvalue weighted by molar-refractivity contribution is -0.190. The van der Waals surface area contributed by atoms with E-state index in [0.717, 1.165) is 18.5 Å². The summed E-state index contributed by atoms with van der Waals surface area (Å²) in [6, 6.07) is 3.74. The lowest BCUT2D eigenvalue weighted by Crippen LogP contribution is -2.54. The van der Waals surface area contributed by atoms with E-state index in [1.54, 1.807) is 0 Å². The van der Waals surface area contributed by atoms with Crippen LogP contribution in [-0.4, -0.2) is 56.2 Å². The fourth-order valence-corrected chi connectivity index (χ4v) is 4.52. The van der Waals surface area contributed by atoms with Crippen molar-refractivity contribution in [3.05, 3.63) is 35.8 Å². The highest BCUT2D eigenvalue weighted by Crippen LogP contribution is 2.39. The molecule has 1 N–H and O–H groups in total. The first-order chi connectivity index (χ1) is 12.9. The molecule has 2 aliphatic heterocycles. The molecule has 1 spiro atoms. The van der Waals surface area contributed by atoms with Gasteiger partial charge in [-0.05, 0) is 44.2 Å². The minimum absolute atomic E-state index is 0.0258. The number of carbonyl (C=O) groups is 1. The number of pyridine rings is 1. The second-order valence-electron chi connectivity index (χ2n) is 8.50. The number of rotatable bonds is 2. The number of hydrogen-bond acceptors (Lipinski definition) is 4. The molecule has 0 radical (unpaired) electrons. The van der Waals surface area contributed by atoms with Crippen molar-refractivity contribution in [2.45, 2.75) is 64.3 Å². The quantitative estimate of drug-likeness (QED) is 0.881. The van der Waals surface area contributed by atoms with Crippen LogP contribution in [0.1, 0.15) is 55.6 Å². The first-order valence-corrected chi connectivity index (χ1v) is 9.96. The molecule has 2 aromatic heterocycles. The van der Waals surface area contributed by atoms with Crippen LogP contribution in [0.3, 0.4) is 0 Å². The molecule has 0 aliphatic carbocycles. The number of piperidine rings is 1. The van der Waals surface area contributed by atoms with Crippen molar-refractivity contribution in [2.24, 2.45) is 5.92 Å². The van der Waals surface area contributed by atoms with Crippen LogP contribution < -0.4 is 0 Å². The molecule has 27 heavy (non-hydrogen) atoms. The Morgan fingerprint density at radius 1 is 1.37 bits per heavy atom. The van der Waals surface area contributed by atoms with Crippen molar-refractivity contribution in [2.75, 3.05) is 13.1 Å². The molecule has 2 saturated heterocycles. The molecule has 0 unspecified atom stereocenters. The Morgan fingerprint density at radius 3 is 2.81 bits per heavy atom. The Balaban J connectivity index is 1.49. The molecular formula is C21H29N3O3. The van der Waals surface area contributed by atoms with E-state index >= 15 is 0 Å². The summed E-state index contributed by atoms with van der Waals surface area (Å²) in [7, 11) is 0. The molecule has 2 aliphatic rings. The standard InChI is InChI=1S/C21H29N3O3/c1-14(2)18-11-16(25)12-21(27-18)6-9-23(10-7-21)20(26)17-5-4-8-24-13-15(3)22-19(17)24/h4-5,8,13-14,16,18,25H,6-7,9-12H2,1-3H3/t16-,18-/m1/s1. The van der Waals surface area contributed by atoms with Gasteiger partial charge in [0.25, 0.3) is 5.91 Å². The van der Waals surface area contributed by atoms with Crippen molar-refractivity contribution in [1.29, 1.82) is 0 Å². The third-order valence-corrected chi connectivity index (χ3v) is 6.05. The van der Waals surface area contributed by atoms with Crippen LogP contribution in [0.5, 0.6) is 0 Å². The van der Waals surface area contributed by atoms with E-state index in [9.17, 15) is 9.90 Å². The van der Waals surface area contributed by atoms with Crippen LogP contribution in [0.2, 0.25) is 0 Å². The maximum Gasteiger partial charge on any atom is 0.257 e. The van der Waals surface area contributed by atoms with E-state index in [-0.39, 0.29) is 23.7 Å². The summed E-state index contributed by atoms with van der Waals surface area (Å²) in [6.07, 6.45) is 6.57. The lowest BCUT2D eigenvalue weighted by atomic mass is 9.80. The van der Waals surface area contributed by atoms with Gasteiger partial charge in [0, 0.05) is 31.9 Å². The van der Waals surface area contributed by atoms with Crippen LogP contribution in [0.25, 0.3) is 5.65 Å². The van der Waals surface area contributed by atoms with Crippen LogP contribution in [0, 0.1) is 12.8 Å². The predicted molar refractivity (Wildman–Crippen MR) is 103 cm³/mol. The van der Waals surface area contributed by atoms with Crippen LogP contribution >= 0.6 is 0 Å². The Labute approximate surface area is 160 Å². The molecule has 0 bridgehead atoms. The van der Waals surface area contributed by atoms with Crippen molar-refractivity contribution < 1.29 is 14.6 Å². The van der Waals surface area contributed by atoms with Crippen LogP contribution in [0.4, 0.5) is 0 Å². The van der Waals surface area contributed by atoms with Gasteiger partial charge in [0.15, 0.2) is 0 Å². The molecule has 2 atom stereocenters. The topological polar surface area (TPSA) is 67.1 Å². The van der Waals surface area contributed by atoms with Crippen molar-refractivity contribution in [3.63, 3.8) is 0 Å². The number of ether oxygens (including phenoxy) is 1.